The summed E-state index contributed by atoms with van der Waals surface area (Å²) >= 11 is 0. The SMILES string of the molecule is O=C(c1ccccc1)N(C1=CCOC=C1)C1CCNCC1. The van der Waals surface area contributed by atoms with Crippen molar-refractivity contribution in [1.29, 1.82) is 0 Å². The summed E-state index contributed by atoms with van der Waals surface area (Å²) in [6.07, 6.45) is 7.48. The van der Waals surface area contributed by atoms with Crippen molar-refractivity contribution >= 4 is 5.91 Å². The van der Waals surface area contributed by atoms with Gasteiger partial charge in [-0.3, -0.25) is 4.79 Å². The summed E-state index contributed by atoms with van der Waals surface area (Å²) in [6.45, 7) is 2.43. The highest BCUT2D eigenvalue weighted by atomic mass is 16.5. The van der Waals surface area contributed by atoms with Crippen molar-refractivity contribution in [3.8, 4) is 0 Å². The van der Waals surface area contributed by atoms with Crippen molar-refractivity contribution < 1.29 is 9.53 Å². The number of carbonyl (C=O) groups is 1. The molecule has 0 spiro atoms. The Morgan fingerprint density at radius 2 is 1.95 bits per heavy atom. The number of piperidine rings is 1. The molecule has 0 atom stereocenters. The first-order valence-electron chi connectivity index (χ1n) is 7.44. The molecule has 2 heterocycles. The van der Waals surface area contributed by atoms with Gasteiger partial charge in [-0.2, -0.15) is 0 Å². The van der Waals surface area contributed by atoms with Crippen LogP contribution in [0.4, 0.5) is 0 Å². The Hall–Kier alpha value is -2.07. The van der Waals surface area contributed by atoms with Crippen LogP contribution in [0, 0.1) is 0 Å². The van der Waals surface area contributed by atoms with Crippen molar-refractivity contribution in [3.63, 3.8) is 0 Å². The fourth-order valence-electron chi connectivity index (χ4n) is 2.83. The molecule has 1 saturated heterocycles. The Bertz CT molecular complexity index is 545. The van der Waals surface area contributed by atoms with Crippen LogP contribution < -0.4 is 5.32 Å². The summed E-state index contributed by atoms with van der Waals surface area (Å²) in [6, 6.07) is 9.73. The van der Waals surface area contributed by atoms with Crippen molar-refractivity contribution in [3.05, 3.63) is 60.0 Å². The predicted octanol–water partition coefficient (Wildman–Crippen LogP) is 2.31. The normalized spacial score (nSPS) is 18.8. The van der Waals surface area contributed by atoms with Gasteiger partial charge in [0, 0.05) is 17.3 Å². The van der Waals surface area contributed by atoms with Crippen LogP contribution in [0.2, 0.25) is 0 Å². The van der Waals surface area contributed by atoms with Gasteiger partial charge in [0.2, 0.25) is 0 Å². The zero-order valence-electron chi connectivity index (χ0n) is 12.0. The standard InChI is InChI=1S/C17H20N2O2/c20-17(14-4-2-1-3-5-14)19(15-6-10-18-11-7-15)16-8-12-21-13-9-16/h1-5,8-9,12,15,18H,6-7,10-11,13H2. The third-order valence-corrected chi connectivity index (χ3v) is 3.92. The number of hydrogen-bond donors (Lipinski definition) is 1. The second-order valence-corrected chi connectivity index (χ2v) is 5.29. The fraction of sp³-hybridized carbons (Fsp3) is 0.353. The van der Waals surface area contributed by atoms with E-state index in [1.807, 2.05) is 47.4 Å². The number of allylic oxidation sites excluding steroid dienone is 1. The minimum Gasteiger partial charge on any atom is -0.497 e. The molecule has 110 valence electrons. The molecule has 1 fully saturated rings. The second-order valence-electron chi connectivity index (χ2n) is 5.29. The molecular weight excluding hydrogens is 264 g/mol. The number of nitrogens with zero attached hydrogens (tertiary/aromatic N) is 1. The van der Waals surface area contributed by atoms with Crippen molar-refractivity contribution in [2.24, 2.45) is 0 Å². The molecule has 0 saturated carbocycles. The average Bonchev–Trinajstić information content (AvgIpc) is 2.58. The maximum atomic E-state index is 12.9. The molecule has 0 aromatic heterocycles. The molecule has 0 radical (unpaired) electrons. The molecule has 4 nitrogen and oxygen atoms in total. The van der Waals surface area contributed by atoms with Crippen LogP contribution in [0.25, 0.3) is 0 Å². The number of carbonyl (C=O) groups excluding carboxylic acids is 1. The lowest BCUT2D eigenvalue weighted by Gasteiger charge is -2.36. The van der Waals surface area contributed by atoms with E-state index >= 15 is 0 Å². The number of amides is 1. The molecule has 1 amide bonds. The van der Waals surface area contributed by atoms with E-state index in [0.717, 1.165) is 37.2 Å². The van der Waals surface area contributed by atoms with Gasteiger partial charge in [0.15, 0.2) is 0 Å². The maximum Gasteiger partial charge on any atom is 0.258 e. The van der Waals surface area contributed by atoms with E-state index < -0.39 is 0 Å². The number of hydrogen-bond acceptors (Lipinski definition) is 3. The summed E-state index contributed by atoms with van der Waals surface area (Å²) in [4.78, 5) is 14.9. The van der Waals surface area contributed by atoms with Crippen molar-refractivity contribution in [2.75, 3.05) is 19.7 Å². The zero-order valence-corrected chi connectivity index (χ0v) is 12.0. The largest absolute Gasteiger partial charge is 0.497 e. The van der Waals surface area contributed by atoms with Gasteiger partial charge in [0.25, 0.3) is 5.91 Å². The molecule has 1 aromatic carbocycles. The molecule has 2 aliphatic rings. The molecular formula is C17H20N2O2. The average molecular weight is 284 g/mol. The van der Waals surface area contributed by atoms with Gasteiger partial charge in [-0.25, -0.2) is 0 Å². The second kappa shape index (κ2) is 6.59. The summed E-state index contributed by atoms with van der Waals surface area (Å²) in [5.74, 6) is 0.0697. The van der Waals surface area contributed by atoms with Crippen LogP contribution in [-0.4, -0.2) is 36.5 Å². The number of benzene rings is 1. The summed E-state index contributed by atoms with van der Waals surface area (Å²) < 4.78 is 5.22. The van der Waals surface area contributed by atoms with E-state index in [0.29, 0.717) is 6.61 Å². The Morgan fingerprint density at radius 3 is 2.62 bits per heavy atom. The van der Waals surface area contributed by atoms with Gasteiger partial charge in [-0.1, -0.05) is 18.2 Å². The van der Waals surface area contributed by atoms with E-state index in [4.69, 9.17) is 4.74 Å². The Labute approximate surface area is 125 Å². The van der Waals surface area contributed by atoms with Crippen LogP contribution in [-0.2, 0) is 4.74 Å². The van der Waals surface area contributed by atoms with Gasteiger partial charge in [-0.05, 0) is 50.2 Å². The lowest BCUT2D eigenvalue weighted by atomic mass is 10.0. The first-order valence-corrected chi connectivity index (χ1v) is 7.44. The van der Waals surface area contributed by atoms with E-state index in [1.54, 1.807) is 6.26 Å². The topological polar surface area (TPSA) is 41.6 Å². The zero-order chi connectivity index (χ0) is 14.5. The monoisotopic (exact) mass is 284 g/mol. The number of ether oxygens (including phenoxy) is 1. The van der Waals surface area contributed by atoms with Gasteiger partial charge in [0.1, 0.15) is 6.61 Å². The molecule has 0 aliphatic carbocycles. The molecule has 2 aliphatic heterocycles. The van der Waals surface area contributed by atoms with Gasteiger partial charge in [-0.15, -0.1) is 0 Å². The highest BCUT2D eigenvalue weighted by molar-refractivity contribution is 5.95. The van der Waals surface area contributed by atoms with Gasteiger partial charge in [0.05, 0.1) is 6.26 Å². The predicted molar refractivity (Wildman–Crippen MR) is 81.7 cm³/mol. The quantitative estimate of drug-likeness (QED) is 0.926. The number of rotatable bonds is 3. The highest BCUT2D eigenvalue weighted by Gasteiger charge is 2.28. The summed E-state index contributed by atoms with van der Waals surface area (Å²) in [5, 5.41) is 3.35. The molecule has 1 N–H and O–H groups in total. The Morgan fingerprint density at radius 1 is 1.19 bits per heavy atom. The van der Waals surface area contributed by atoms with Gasteiger partial charge < -0.3 is 15.0 Å². The van der Waals surface area contributed by atoms with E-state index in [-0.39, 0.29) is 11.9 Å². The molecule has 21 heavy (non-hydrogen) atoms. The van der Waals surface area contributed by atoms with Crippen molar-refractivity contribution in [1.82, 2.24) is 10.2 Å². The van der Waals surface area contributed by atoms with Gasteiger partial charge >= 0.3 is 0 Å². The smallest absolute Gasteiger partial charge is 0.258 e. The Balaban J connectivity index is 1.89. The Kier molecular flexibility index (Phi) is 4.36. The lowest BCUT2D eigenvalue weighted by Crippen LogP contribution is -2.45. The first-order chi connectivity index (χ1) is 10.4. The van der Waals surface area contributed by atoms with E-state index in [9.17, 15) is 4.79 Å². The fourth-order valence-corrected chi connectivity index (χ4v) is 2.83. The lowest BCUT2D eigenvalue weighted by molar-refractivity contribution is 0.0722. The minimum absolute atomic E-state index is 0.0697. The third kappa shape index (κ3) is 3.16. The minimum atomic E-state index is 0.0697. The molecule has 4 heteroatoms. The van der Waals surface area contributed by atoms with E-state index in [2.05, 4.69) is 5.32 Å². The van der Waals surface area contributed by atoms with E-state index in [1.165, 1.54) is 0 Å². The van der Waals surface area contributed by atoms with Crippen LogP contribution in [0.3, 0.4) is 0 Å². The molecule has 0 bridgehead atoms. The number of nitrogens with one attached hydrogen (secondary N) is 1. The molecule has 0 unspecified atom stereocenters. The molecule has 3 rings (SSSR count). The van der Waals surface area contributed by atoms with Crippen LogP contribution in [0.1, 0.15) is 23.2 Å². The van der Waals surface area contributed by atoms with Crippen molar-refractivity contribution in [2.45, 2.75) is 18.9 Å². The highest BCUT2D eigenvalue weighted by Crippen LogP contribution is 2.23. The summed E-state index contributed by atoms with van der Waals surface area (Å²) in [5.41, 5.74) is 1.68. The third-order valence-electron chi connectivity index (χ3n) is 3.92. The summed E-state index contributed by atoms with van der Waals surface area (Å²) in [7, 11) is 0. The van der Waals surface area contributed by atoms with Crippen LogP contribution >= 0.6 is 0 Å². The first kappa shape index (κ1) is 13.9. The van der Waals surface area contributed by atoms with Crippen LogP contribution in [0.15, 0.2) is 54.4 Å². The maximum absolute atomic E-state index is 12.9. The van der Waals surface area contributed by atoms with Crippen LogP contribution in [0.5, 0.6) is 0 Å². The molecule has 1 aromatic rings.